The molecule has 0 aromatic heterocycles. The maximum Gasteiger partial charge on any atom is 0.184 e. The normalized spacial score (nSPS) is 44.0. The van der Waals surface area contributed by atoms with E-state index in [9.17, 15) is 0 Å². The van der Waals surface area contributed by atoms with E-state index in [1.807, 2.05) is 0 Å². The first-order valence-electron chi connectivity index (χ1n) is 4.75. The van der Waals surface area contributed by atoms with E-state index in [-0.39, 0.29) is 18.5 Å². The Hall–Kier alpha value is -0.380. The van der Waals surface area contributed by atoms with E-state index in [4.69, 9.17) is 14.2 Å². The summed E-state index contributed by atoms with van der Waals surface area (Å²) in [5.41, 5.74) is 1.15. The van der Waals surface area contributed by atoms with Crippen molar-refractivity contribution in [1.82, 2.24) is 0 Å². The molecule has 74 valence electrons. The fourth-order valence-electron chi connectivity index (χ4n) is 2.23. The zero-order valence-electron chi connectivity index (χ0n) is 8.16. The largest absolute Gasteiger partial charge is 0.368 e. The zero-order valence-corrected chi connectivity index (χ0v) is 8.16. The van der Waals surface area contributed by atoms with Crippen LogP contribution in [0.5, 0.6) is 0 Å². The van der Waals surface area contributed by atoms with Gasteiger partial charge in [0, 0.05) is 13.0 Å². The van der Waals surface area contributed by atoms with Crippen LogP contribution in [0.25, 0.3) is 0 Å². The van der Waals surface area contributed by atoms with Crippen LogP contribution in [0.1, 0.15) is 13.3 Å². The van der Waals surface area contributed by atoms with Crippen molar-refractivity contribution < 1.29 is 14.2 Å². The highest BCUT2D eigenvalue weighted by atomic mass is 16.7. The molecule has 0 N–H and O–H groups in total. The minimum atomic E-state index is -0.200. The molecule has 2 saturated heterocycles. The van der Waals surface area contributed by atoms with Crippen LogP contribution in [-0.4, -0.2) is 32.2 Å². The van der Waals surface area contributed by atoms with Crippen molar-refractivity contribution in [1.29, 1.82) is 0 Å². The van der Waals surface area contributed by atoms with Gasteiger partial charge in [-0.25, -0.2) is 0 Å². The van der Waals surface area contributed by atoms with E-state index in [1.165, 1.54) is 0 Å². The summed E-state index contributed by atoms with van der Waals surface area (Å²) >= 11 is 0. The van der Waals surface area contributed by atoms with E-state index >= 15 is 0 Å². The predicted molar refractivity (Wildman–Crippen MR) is 48.3 cm³/mol. The molecule has 0 aromatic carbocycles. The van der Waals surface area contributed by atoms with Crippen molar-refractivity contribution in [2.75, 3.05) is 13.7 Å². The quantitative estimate of drug-likeness (QED) is 0.606. The van der Waals surface area contributed by atoms with Gasteiger partial charge >= 0.3 is 0 Å². The van der Waals surface area contributed by atoms with Crippen molar-refractivity contribution in [3.63, 3.8) is 0 Å². The predicted octanol–water partition coefficient (Wildman–Crippen LogP) is 1.34. The molecule has 0 aromatic rings. The Morgan fingerprint density at radius 3 is 3.00 bits per heavy atom. The number of methoxy groups -OCH3 is 1. The average molecular weight is 184 g/mol. The van der Waals surface area contributed by atoms with Crippen LogP contribution in [0.3, 0.4) is 0 Å². The molecule has 0 amide bonds. The Balaban J connectivity index is 2.16. The zero-order chi connectivity index (χ0) is 9.42. The fourth-order valence-corrected chi connectivity index (χ4v) is 2.23. The number of ether oxygens (including phenoxy) is 3. The Morgan fingerprint density at radius 2 is 2.38 bits per heavy atom. The summed E-state index contributed by atoms with van der Waals surface area (Å²) in [6.45, 7) is 6.78. The van der Waals surface area contributed by atoms with Gasteiger partial charge in [0.05, 0.1) is 12.7 Å². The van der Waals surface area contributed by atoms with Gasteiger partial charge in [-0.15, -0.1) is 0 Å². The van der Waals surface area contributed by atoms with Gasteiger partial charge < -0.3 is 14.2 Å². The second-order valence-corrected chi connectivity index (χ2v) is 3.65. The maximum atomic E-state index is 5.69. The minimum Gasteiger partial charge on any atom is -0.368 e. The van der Waals surface area contributed by atoms with E-state index < -0.39 is 0 Å². The number of hydrogen-bond donors (Lipinski definition) is 0. The molecule has 2 aliphatic heterocycles. The maximum absolute atomic E-state index is 5.69. The van der Waals surface area contributed by atoms with Crippen LogP contribution < -0.4 is 0 Å². The summed E-state index contributed by atoms with van der Waals surface area (Å²) < 4.78 is 16.5. The summed E-state index contributed by atoms with van der Waals surface area (Å²) in [7, 11) is 1.66. The molecule has 3 heteroatoms. The van der Waals surface area contributed by atoms with Gasteiger partial charge in [0.1, 0.15) is 6.10 Å². The molecule has 4 atom stereocenters. The molecule has 0 saturated carbocycles. The first kappa shape index (κ1) is 9.19. The third-order valence-electron chi connectivity index (χ3n) is 2.90. The van der Waals surface area contributed by atoms with Gasteiger partial charge in [0.25, 0.3) is 0 Å². The lowest BCUT2D eigenvalue weighted by Gasteiger charge is -2.14. The van der Waals surface area contributed by atoms with Gasteiger partial charge in [-0.3, -0.25) is 0 Å². The fraction of sp³-hybridized carbons (Fsp3) is 0.800. The second kappa shape index (κ2) is 3.40. The number of fused-ring (bicyclic) bond motifs is 1. The van der Waals surface area contributed by atoms with Gasteiger partial charge in [-0.1, -0.05) is 13.5 Å². The summed E-state index contributed by atoms with van der Waals surface area (Å²) in [5, 5.41) is 0. The van der Waals surface area contributed by atoms with Gasteiger partial charge in [0.2, 0.25) is 0 Å². The Bertz CT molecular complexity index is 214. The van der Waals surface area contributed by atoms with Gasteiger partial charge in [-0.2, -0.15) is 0 Å². The Kier molecular flexibility index (Phi) is 2.41. The molecular weight excluding hydrogens is 168 g/mol. The van der Waals surface area contributed by atoms with E-state index in [0.29, 0.717) is 12.5 Å². The second-order valence-electron chi connectivity index (χ2n) is 3.65. The molecule has 0 spiro atoms. The van der Waals surface area contributed by atoms with Crippen molar-refractivity contribution in [3.05, 3.63) is 12.2 Å². The lowest BCUT2D eigenvalue weighted by atomic mass is 9.92. The summed E-state index contributed by atoms with van der Waals surface area (Å²) in [4.78, 5) is 0. The van der Waals surface area contributed by atoms with Crippen LogP contribution in [-0.2, 0) is 14.2 Å². The molecule has 0 radical (unpaired) electrons. The highest BCUT2D eigenvalue weighted by Crippen LogP contribution is 2.40. The summed E-state index contributed by atoms with van der Waals surface area (Å²) in [5.74, 6) is 0.343. The van der Waals surface area contributed by atoms with Crippen molar-refractivity contribution >= 4 is 0 Å². The first-order valence-corrected chi connectivity index (χ1v) is 4.75. The molecule has 0 bridgehead atoms. The first-order chi connectivity index (χ1) is 6.27. The van der Waals surface area contributed by atoms with Gasteiger partial charge in [0.15, 0.2) is 6.29 Å². The smallest absolute Gasteiger partial charge is 0.184 e. The van der Waals surface area contributed by atoms with Crippen LogP contribution in [0, 0.1) is 5.92 Å². The molecule has 13 heavy (non-hydrogen) atoms. The summed E-state index contributed by atoms with van der Waals surface area (Å²) in [6, 6.07) is 0. The Labute approximate surface area is 78.7 Å². The van der Waals surface area contributed by atoms with Crippen LogP contribution in [0.2, 0.25) is 0 Å². The molecule has 2 aliphatic rings. The third kappa shape index (κ3) is 1.31. The van der Waals surface area contributed by atoms with Crippen LogP contribution in [0.4, 0.5) is 0 Å². The lowest BCUT2D eigenvalue weighted by molar-refractivity contribution is -0.157. The SMILES string of the molecule is C=C1CO[C@H]2[C@H](OC)O[C@H](CC)[C@@H]12. The molecular formula is C10H16O3. The van der Waals surface area contributed by atoms with E-state index in [2.05, 4.69) is 13.5 Å². The highest BCUT2D eigenvalue weighted by Gasteiger charge is 2.49. The summed E-state index contributed by atoms with van der Waals surface area (Å²) in [6.07, 6.45) is 1.09. The van der Waals surface area contributed by atoms with Crippen LogP contribution in [0.15, 0.2) is 12.2 Å². The lowest BCUT2D eigenvalue weighted by Crippen LogP contribution is -2.26. The average Bonchev–Trinajstić information content (AvgIpc) is 2.67. The van der Waals surface area contributed by atoms with E-state index in [1.54, 1.807) is 7.11 Å². The molecule has 0 unspecified atom stereocenters. The monoisotopic (exact) mass is 184 g/mol. The number of rotatable bonds is 2. The molecule has 2 heterocycles. The minimum absolute atomic E-state index is 0.0717. The van der Waals surface area contributed by atoms with Crippen molar-refractivity contribution in [3.8, 4) is 0 Å². The van der Waals surface area contributed by atoms with Crippen molar-refractivity contribution in [2.24, 2.45) is 5.92 Å². The Morgan fingerprint density at radius 1 is 1.62 bits per heavy atom. The number of hydrogen-bond acceptors (Lipinski definition) is 3. The molecule has 2 rings (SSSR count). The van der Waals surface area contributed by atoms with E-state index in [0.717, 1.165) is 12.0 Å². The molecule has 2 fully saturated rings. The third-order valence-corrected chi connectivity index (χ3v) is 2.90. The topological polar surface area (TPSA) is 27.7 Å². The molecule has 3 nitrogen and oxygen atoms in total. The van der Waals surface area contributed by atoms with Crippen LogP contribution >= 0.6 is 0 Å². The standard InChI is InChI=1S/C10H16O3/c1-4-7-8-6(2)5-12-9(8)10(11-3)13-7/h7-10H,2,4-5H2,1,3H3/t7-,8-,9-,10-/m1/s1. The van der Waals surface area contributed by atoms with Gasteiger partial charge in [-0.05, 0) is 12.0 Å². The highest BCUT2D eigenvalue weighted by molar-refractivity contribution is 5.14. The van der Waals surface area contributed by atoms with Crippen molar-refractivity contribution in [2.45, 2.75) is 31.8 Å². The molecule has 0 aliphatic carbocycles.